The standard InChI is InChI=1S/C15H14FN3O5S/c1-10-6-7-12(9-14(10)19(21)22)25(23,24)18-17-15(20)8-11-4-2-3-5-13(11)16/h2-7,9,18H,8H2,1H3,(H,17,20). The van der Waals surface area contributed by atoms with Crippen molar-refractivity contribution in [3.8, 4) is 0 Å². The van der Waals surface area contributed by atoms with Crippen LogP contribution in [0.25, 0.3) is 0 Å². The molecule has 0 aromatic heterocycles. The maximum atomic E-state index is 13.5. The fraction of sp³-hybridized carbons (Fsp3) is 0.133. The van der Waals surface area contributed by atoms with Gasteiger partial charge in [0.05, 0.1) is 16.2 Å². The van der Waals surface area contributed by atoms with E-state index in [1.807, 2.05) is 10.3 Å². The van der Waals surface area contributed by atoms with Gasteiger partial charge in [-0.2, -0.15) is 0 Å². The van der Waals surface area contributed by atoms with Crippen LogP contribution in [-0.4, -0.2) is 19.2 Å². The van der Waals surface area contributed by atoms with Crippen LogP contribution < -0.4 is 10.3 Å². The fourth-order valence-electron chi connectivity index (χ4n) is 2.00. The average Bonchev–Trinajstić information content (AvgIpc) is 2.55. The summed E-state index contributed by atoms with van der Waals surface area (Å²) in [5, 5.41) is 10.9. The summed E-state index contributed by atoms with van der Waals surface area (Å²) in [6, 6.07) is 8.93. The van der Waals surface area contributed by atoms with Gasteiger partial charge in [0, 0.05) is 11.6 Å². The molecular weight excluding hydrogens is 353 g/mol. The zero-order valence-electron chi connectivity index (χ0n) is 13.0. The third-order valence-corrected chi connectivity index (χ3v) is 4.57. The van der Waals surface area contributed by atoms with Crippen molar-refractivity contribution in [2.75, 3.05) is 0 Å². The highest BCUT2D eigenvalue weighted by Gasteiger charge is 2.20. The van der Waals surface area contributed by atoms with Crippen LogP contribution in [0.4, 0.5) is 10.1 Å². The van der Waals surface area contributed by atoms with Gasteiger partial charge in [0.15, 0.2) is 0 Å². The van der Waals surface area contributed by atoms with Gasteiger partial charge in [-0.15, -0.1) is 4.83 Å². The molecule has 2 aromatic carbocycles. The highest BCUT2D eigenvalue weighted by atomic mass is 32.2. The molecule has 0 heterocycles. The van der Waals surface area contributed by atoms with Gasteiger partial charge in [-0.05, 0) is 24.6 Å². The number of amides is 1. The van der Waals surface area contributed by atoms with E-state index in [1.165, 1.54) is 37.3 Å². The summed E-state index contributed by atoms with van der Waals surface area (Å²) in [5.41, 5.74) is 1.99. The van der Waals surface area contributed by atoms with E-state index in [0.29, 0.717) is 5.56 Å². The minimum absolute atomic E-state index is 0.102. The first-order valence-electron chi connectivity index (χ1n) is 7.00. The van der Waals surface area contributed by atoms with Crippen LogP contribution in [0.1, 0.15) is 11.1 Å². The van der Waals surface area contributed by atoms with Gasteiger partial charge in [-0.25, -0.2) is 12.8 Å². The van der Waals surface area contributed by atoms with Crippen molar-refractivity contribution in [3.63, 3.8) is 0 Å². The average molecular weight is 367 g/mol. The van der Waals surface area contributed by atoms with E-state index >= 15 is 0 Å². The van der Waals surface area contributed by atoms with Crippen molar-refractivity contribution in [3.05, 3.63) is 69.5 Å². The summed E-state index contributed by atoms with van der Waals surface area (Å²) in [4.78, 5) is 23.4. The Balaban J connectivity index is 2.09. The molecular formula is C15H14FN3O5S. The predicted octanol–water partition coefficient (Wildman–Crippen LogP) is 1.59. The number of hydrogen-bond acceptors (Lipinski definition) is 5. The van der Waals surface area contributed by atoms with E-state index in [0.717, 1.165) is 6.07 Å². The maximum absolute atomic E-state index is 13.5. The molecule has 0 aliphatic rings. The number of carbonyl (C=O) groups excluding carboxylic acids is 1. The molecule has 25 heavy (non-hydrogen) atoms. The number of benzene rings is 2. The smallest absolute Gasteiger partial charge is 0.273 e. The number of nitro groups is 1. The first-order chi connectivity index (χ1) is 11.7. The van der Waals surface area contributed by atoms with Gasteiger partial charge in [-0.3, -0.25) is 20.3 Å². The molecule has 0 spiro atoms. The Morgan fingerprint density at radius 2 is 1.92 bits per heavy atom. The van der Waals surface area contributed by atoms with Crippen molar-refractivity contribution in [1.82, 2.24) is 10.3 Å². The number of hydrogen-bond donors (Lipinski definition) is 2. The van der Waals surface area contributed by atoms with Crippen LogP contribution in [0.3, 0.4) is 0 Å². The van der Waals surface area contributed by atoms with Gasteiger partial charge in [0.2, 0.25) is 5.91 Å². The lowest BCUT2D eigenvalue weighted by Gasteiger charge is -2.09. The molecule has 10 heteroatoms. The first-order valence-corrected chi connectivity index (χ1v) is 8.48. The Kier molecular flexibility index (Phi) is 5.45. The Labute approximate surface area is 142 Å². The third-order valence-electron chi connectivity index (χ3n) is 3.32. The SMILES string of the molecule is Cc1ccc(S(=O)(=O)NNC(=O)Cc2ccccc2F)cc1[N+](=O)[O-]. The second-order valence-electron chi connectivity index (χ2n) is 5.13. The minimum Gasteiger partial charge on any atom is -0.277 e. The molecule has 2 rings (SSSR count). The van der Waals surface area contributed by atoms with E-state index in [2.05, 4.69) is 0 Å². The van der Waals surface area contributed by atoms with Gasteiger partial charge in [0.1, 0.15) is 5.82 Å². The lowest BCUT2D eigenvalue weighted by Crippen LogP contribution is -2.42. The van der Waals surface area contributed by atoms with Crippen LogP contribution in [0, 0.1) is 22.9 Å². The molecule has 0 aliphatic heterocycles. The number of hydrazine groups is 1. The number of carbonyl (C=O) groups is 1. The molecule has 0 radical (unpaired) electrons. The topological polar surface area (TPSA) is 118 Å². The summed E-state index contributed by atoms with van der Waals surface area (Å²) in [6.07, 6.45) is -0.372. The number of aryl methyl sites for hydroxylation is 1. The molecule has 132 valence electrons. The van der Waals surface area contributed by atoms with Crippen LogP contribution in [0.15, 0.2) is 47.4 Å². The minimum atomic E-state index is -4.21. The molecule has 0 bridgehead atoms. The lowest BCUT2D eigenvalue weighted by atomic mass is 10.1. The monoisotopic (exact) mass is 367 g/mol. The predicted molar refractivity (Wildman–Crippen MR) is 86.4 cm³/mol. The highest BCUT2D eigenvalue weighted by molar-refractivity contribution is 7.89. The normalized spacial score (nSPS) is 11.1. The number of sulfonamides is 1. The number of nitro benzene ring substituents is 1. The molecule has 1 amide bonds. The lowest BCUT2D eigenvalue weighted by molar-refractivity contribution is -0.385. The Morgan fingerprint density at radius 3 is 2.56 bits per heavy atom. The molecule has 0 fully saturated rings. The maximum Gasteiger partial charge on any atom is 0.273 e. The van der Waals surface area contributed by atoms with E-state index in [-0.39, 0.29) is 22.6 Å². The zero-order chi connectivity index (χ0) is 18.6. The Hall–Kier alpha value is -2.85. The Morgan fingerprint density at radius 1 is 1.24 bits per heavy atom. The van der Waals surface area contributed by atoms with E-state index < -0.39 is 26.7 Å². The fourth-order valence-corrected chi connectivity index (χ4v) is 2.88. The van der Waals surface area contributed by atoms with Crippen molar-refractivity contribution in [1.29, 1.82) is 0 Å². The van der Waals surface area contributed by atoms with Crippen molar-refractivity contribution in [2.24, 2.45) is 0 Å². The summed E-state index contributed by atoms with van der Waals surface area (Å²) >= 11 is 0. The molecule has 2 N–H and O–H groups in total. The van der Waals surface area contributed by atoms with E-state index in [9.17, 15) is 27.7 Å². The summed E-state index contributed by atoms with van der Waals surface area (Å²) < 4.78 is 37.7. The van der Waals surface area contributed by atoms with Crippen molar-refractivity contribution in [2.45, 2.75) is 18.2 Å². The Bertz CT molecular complexity index is 931. The molecule has 0 saturated carbocycles. The number of nitrogens with zero attached hydrogens (tertiary/aromatic N) is 1. The summed E-state index contributed by atoms with van der Waals surface area (Å²) in [5.74, 6) is -1.37. The molecule has 8 nitrogen and oxygen atoms in total. The van der Waals surface area contributed by atoms with E-state index in [1.54, 1.807) is 6.07 Å². The first kappa shape index (κ1) is 18.5. The van der Waals surface area contributed by atoms with Crippen LogP contribution >= 0.6 is 0 Å². The third kappa shape index (κ3) is 4.58. The van der Waals surface area contributed by atoms with Crippen molar-refractivity contribution < 1.29 is 22.5 Å². The van der Waals surface area contributed by atoms with Crippen LogP contribution in [0.2, 0.25) is 0 Å². The summed E-state index contributed by atoms with van der Waals surface area (Å²) in [7, 11) is -4.21. The molecule has 0 atom stereocenters. The zero-order valence-corrected chi connectivity index (χ0v) is 13.8. The van der Waals surface area contributed by atoms with Gasteiger partial charge >= 0.3 is 0 Å². The number of rotatable bonds is 6. The summed E-state index contributed by atoms with van der Waals surface area (Å²) in [6.45, 7) is 1.47. The quantitative estimate of drug-likeness (QED) is 0.594. The molecule has 2 aromatic rings. The molecule has 0 saturated heterocycles. The number of nitrogens with one attached hydrogen (secondary N) is 2. The van der Waals surface area contributed by atoms with Crippen molar-refractivity contribution >= 4 is 21.6 Å². The van der Waals surface area contributed by atoms with Crippen LogP contribution in [-0.2, 0) is 21.2 Å². The number of halogens is 1. The molecule has 0 aliphatic carbocycles. The molecule has 0 unspecified atom stereocenters. The second-order valence-corrected chi connectivity index (χ2v) is 6.81. The van der Waals surface area contributed by atoms with Gasteiger partial charge < -0.3 is 0 Å². The highest BCUT2D eigenvalue weighted by Crippen LogP contribution is 2.21. The van der Waals surface area contributed by atoms with Gasteiger partial charge in [-0.1, -0.05) is 24.3 Å². The second kappa shape index (κ2) is 7.36. The van der Waals surface area contributed by atoms with E-state index in [4.69, 9.17) is 0 Å². The van der Waals surface area contributed by atoms with Crippen LogP contribution in [0.5, 0.6) is 0 Å². The van der Waals surface area contributed by atoms with Gasteiger partial charge in [0.25, 0.3) is 15.7 Å². The largest absolute Gasteiger partial charge is 0.277 e.